The first-order chi connectivity index (χ1) is 13.1. The first-order valence-corrected chi connectivity index (χ1v) is 8.90. The van der Waals surface area contributed by atoms with E-state index in [1.165, 1.54) is 6.20 Å². The molecule has 27 heavy (non-hydrogen) atoms. The lowest BCUT2D eigenvalue weighted by Crippen LogP contribution is -2.51. The molecule has 1 saturated heterocycles. The first-order valence-electron chi connectivity index (χ1n) is 8.90. The van der Waals surface area contributed by atoms with Crippen molar-refractivity contribution < 1.29 is 9.66 Å². The summed E-state index contributed by atoms with van der Waals surface area (Å²) in [6.45, 7) is 7.87. The molecule has 0 amide bonds. The second-order valence-corrected chi connectivity index (χ2v) is 6.57. The van der Waals surface area contributed by atoms with Gasteiger partial charge in [0.1, 0.15) is 0 Å². The van der Waals surface area contributed by atoms with Crippen molar-refractivity contribution in [3.8, 4) is 0 Å². The van der Waals surface area contributed by atoms with Crippen molar-refractivity contribution >= 4 is 12.3 Å². The van der Waals surface area contributed by atoms with Crippen LogP contribution in [0.1, 0.15) is 13.3 Å². The minimum Gasteiger partial charge on any atom is -0.381 e. The van der Waals surface area contributed by atoms with E-state index in [-0.39, 0.29) is 17.7 Å². The molecule has 2 N–H and O–H groups in total. The second-order valence-electron chi connectivity index (χ2n) is 6.57. The Morgan fingerprint density at radius 3 is 3.11 bits per heavy atom. The minimum absolute atomic E-state index is 0.0264. The van der Waals surface area contributed by atoms with Crippen molar-refractivity contribution in [1.82, 2.24) is 15.5 Å². The van der Waals surface area contributed by atoms with Gasteiger partial charge in [-0.3, -0.25) is 25.3 Å². The molecule has 3 atom stereocenters. The van der Waals surface area contributed by atoms with E-state index in [0.717, 1.165) is 6.42 Å². The molecule has 3 heterocycles. The van der Waals surface area contributed by atoms with Gasteiger partial charge in [0, 0.05) is 18.3 Å². The number of nitrogens with zero attached hydrogens (tertiary/aromatic N) is 4. The van der Waals surface area contributed by atoms with Crippen molar-refractivity contribution in [2.24, 2.45) is 15.9 Å². The smallest absolute Gasteiger partial charge is 0.300 e. The van der Waals surface area contributed by atoms with Crippen LogP contribution in [0, 0.1) is 16.0 Å². The summed E-state index contributed by atoms with van der Waals surface area (Å²) >= 11 is 0. The van der Waals surface area contributed by atoms with E-state index < -0.39 is 11.1 Å². The third-order valence-electron chi connectivity index (χ3n) is 4.59. The summed E-state index contributed by atoms with van der Waals surface area (Å²) in [5, 5.41) is 17.7. The molecular weight excluding hydrogens is 348 g/mol. The average Bonchev–Trinajstić information content (AvgIpc) is 2.75. The molecule has 3 unspecified atom stereocenters. The number of guanidine groups is 1. The fraction of sp³-hybridized carbons (Fsp3) is 0.444. The van der Waals surface area contributed by atoms with Gasteiger partial charge in [0.25, 0.3) is 0 Å². The third-order valence-corrected chi connectivity index (χ3v) is 4.59. The third kappa shape index (κ3) is 4.69. The van der Waals surface area contributed by atoms with Gasteiger partial charge in [0.05, 0.1) is 30.6 Å². The van der Waals surface area contributed by atoms with Crippen LogP contribution in [-0.4, -0.2) is 54.1 Å². The summed E-state index contributed by atoms with van der Waals surface area (Å²) < 4.78 is 5.46. The molecule has 0 saturated carbocycles. The fourth-order valence-corrected chi connectivity index (χ4v) is 3.02. The molecule has 0 radical (unpaired) electrons. The highest BCUT2D eigenvalue weighted by atomic mass is 16.6. The van der Waals surface area contributed by atoms with Gasteiger partial charge in [-0.25, -0.2) is 4.99 Å². The van der Waals surface area contributed by atoms with Crippen molar-refractivity contribution in [2.75, 3.05) is 19.8 Å². The van der Waals surface area contributed by atoms with Gasteiger partial charge in [-0.15, -0.1) is 0 Å². The normalized spacial score (nSPS) is 30.9. The zero-order valence-corrected chi connectivity index (χ0v) is 15.2. The van der Waals surface area contributed by atoms with Crippen LogP contribution in [0.15, 0.2) is 58.5 Å². The van der Waals surface area contributed by atoms with E-state index in [0.29, 0.717) is 31.4 Å². The Balaban J connectivity index is 1.84. The standard InChI is InChI=1S/C18H24N6O3/c1-13-11-27-9-7-15(13)21-17-16(24(25)26)10-20-18(22-17)23-12-19-8-5-3-4-6-14(23)2/h3-6,10,12-13,15,17,21H,2,7-9,11H2,1H3,(H,20,22)/b5-3-,6-4-,19-12?. The van der Waals surface area contributed by atoms with E-state index in [4.69, 9.17) is 4.74 Å². The predicted molar refractivity (Wildman–Crippen MR) is 104 cm³/mol. The van der Waals surface area contributed by atoms with Crippen LogP contribution in [0.2, 0.25) is 0 Å². The van der Waals surface area contributed by atoms with Crippen molar-refractivity contribution in [2.45, 2.75) is 25.6 Å². The van der Waals surface area contributed by atoms with Gasteiger partial charge in [-0.1, -0.05) is 31.7 Å². The second kappa shape index (κ2) is 8.74. The van der Waals surface area contributed by atoms with Crippen LogP contribution in [-0.2, 0) is 4.74 Å². The number of nitrogens with one attached hydrogen (secondary N) is 2. The summed E-state index contributed by atoms with van der Waals surface area (Å²) in [5.41, 5.74) is 0.620. The van der Waals surface area contributed by atoms with E-state index >= 15 is 0 Å². The van der Waals surface area contributed by atoms with Crippen LogP contribution >= 0.6 is 0 Å². The highest BCUT2D eigenvalue weighted by Gasteiger charge is 2.34. The van der Waals surface area contributed by atoms with Crippen molar-refractivity contribution in [1.29, 1.82) is 0 Å². The SMILES string of the molecule is C=C1/C=C\C=C/CN=CN1C1=NC(NC2CCOCC2C)C([N+](=O)[O-])=CN1. The van der Waals surface area contributed by atoms with Gasteiger partial charge >= 0.3 is 5.70 Å². The highest BCUT2D eigenvalue weighted by Crippen LogP contribution is 2.19. The van der Waals surface area contributed by atoms with Crippen LogP contribution in [0.3, 0.4) is 0 Å². The maximum Gasteiger partial charge on any atom is 0.300 e. The molecule has 0 aromatic heterocycles. The quantitative estimate of drug-likeness (QED) is 0.573. The number of nitro groups is 1. The van der Waals surface area contributed by atoms with Gasteiger partial charge in [0.15, 0.2) is 6.17 Å². The van der Waals surface area contributed by atoms with Gasteiger partial charge in [-0.05, 0) is 18.4 Å². The van der Waals surface area contributed by atoms with Crippen LogP contribution in [0.25, 0.3) is 0 Å². The predicted octanol–water partition coefficient (Wildman–Crippen LogP) is 1.37. The molecule has 0 spiro atoms. The molecule has 0 aromatic rings. The van der Waals surface area contributed by atoms with E-state index in [2.05, 4.69) is 34.1 Å². The lowest BCUT2D eigenvalue weighted by molar-refractivity contribution is -0.431. The molecule has 3 rings (SSSR count). The van der Waals surface area contributed by atoms with E-state index in [9.17, 15) is 10.1 Å². The number of ether oxygens (including phenoxy) is 1. The molecule has 9 nitrogen and oxygen atoms in total. The molecule has 1 fully saturated rings. The van der Waals surface area contributed by atoms with Crippen molar-refractivity contribution in [3.63, 3.8) is 0 Å². The maximum absolute atomic E-state index is 11.5. The topological polar surface area (TPSA) is 104 Å². The summed E-state index contributed by atoms with van der Waals surface area (Å²) in [5.74, 6) is 0.675. The summed E-state index contributed by atoms with van der Waals surface area (Å²) in [6, 6.07) is 0.0895. The zero-order valence-electron chi connectivity index (χ0n) is 15.2. The summed E-state index contributed by atoms with van der Waals surface area (Å²) in [6.07, 6.45) is 10.5. The van der Waals surface area contributed by atoms with Crippen molar-refractivity contribution in [3.05, 3.63) is 58.6 Å². The largest absolute Gasteiger partial charge is 0.381 e. The summed E-state index contributed by atoms with van der Waals surface area (Å²) in [4.78, 5) is 21.6. The molecule has 0 bridgehead atoms. The average molecular weight is 372 g/mol. The Morgan fingerprint density at radius 2 is 2.33 bits per heavy atom. The summed E-state index contributed by atoms with van der Waals surface area (Å²) in [7, 11) is 0. The molecule has 9 heteroatoms. The Bertz CT molecular complexity index is 739. The monoisotopic (exact) mass is 372 g/mol. The number of allylic oxidation sites excluding steroid dienone is 3. The lowest BCUT2D eigenvalue weighted by Gasteiger charge is -2.33. The van der Waals surface area contributed by atoms with Gasteiger partial charge < -0.3 is 10.1 Å². The Labute approximate surface area is 158 Å². The highest BCUT2D eigenvalue weighted by molar-refractivity contribution is 5.94. The lowest BCUT2D eigenvalue weighted by atomic mass is 9.97. The molecule has 0 aromatic carbocycles. The van der Waals surface area contributed by atoms with Crippen LogP contribution in [0.5, 0.6) is 0 Å². The number of rotatable bonds is 3. The Hall–Kier alpha value is -2.78. The Kier molecular flexibility index (Phi) is 6.15. The number of hydrogen-bond acceptors (Lipinski definition) is 8. The Morgan fingerprint density at radius 1 is 1.48 bits per heavy atom. The molecule has 0 aliphatic carbocycles. The number of aliphatic imine (C=N–C) groups is 2. The molecular formula is C18H24N6O3. The van der Waals surface area contributed by atoms with Crippen LogP contribution in [0.4, 0.5) is 0 Å². The van der Waals surface area contributed by atoms with Gasteiger partial charge in [-0.2, -0.15) is 0 Å². The van der Waals surface area contributed by atoms with Gasteiger partial charge in [0.2, 0.25) is 5.96 Å². The van der Waals surface area contributed by atoms with E-state index in [1.807, 2.05) is 24.3 Å². The molecule has 3 aliphatic rings. The number of hydrogen-bond donors (Lipinski definition) is 2. The van der Waals surface area contributed by atoms with Crippen LogP contribution < -0.4 is 10.6 Å². The molecule has 144 valence electrons. The molecule has 3 aliphatic heterocycles. The zero-order chi connectivity index (χ0) is 19.2. The van der Waals surface area contributed by atoms with E-state index in [1.54, 1.807) is 11.2 Å². The first kappa shape index (κ1) is 19.0. The maximum atomic E-state index is 11.5. The minimum atomic E-state index is -0.766. The fourth-order valence-electron chi connectivity index (χ4n) is 3.02.